The first-order chi connectivity index (χ1) is 8.91. The van der Waals surface area contributed by atoms with Crippen LogP contribution in [0.15, 0.2) is 18.2 Å². The van der Waals surface area contributed by atoms with Crippen molar-refractivity contribution < 1.29 is 41.0 Å². The third-order valence-corrected chi connectivity index (χ3v) is 2.14. The summed E-state index contributed by atoms with van der Waals surface area (Å²) in [4.78, 5) is 10.5. The fraction of sp³-hybridized carbons (Fsp3) is 0.273. The lowest BCUT2D eigenvalue weighted by atomic mass is 10.0. The molecule has 0 amide bonds. The van der Waals surface area contributed by atoms with Crippen LogP contribution in [-0.4, -0.2) is 11.1 Å². The van der Waals surface area contributed by atoms with Crippen LogP contribution in [0.5, 0.6) is 0 Å². The lowest BCUT2D eigenvalue weighted by Crippen LogP contribution is -2.14. The number of aliphatic hydroxyl groups excluding tert-OH is 1. The molecule has 3 nitrogen and oxygen atoms in total. The van der Waals surface area contributed by atoms with Gasteiger partial charge in [-0.3, -0.25) is 4.79 Å². The molecule has 0 saturated carbocycles. The first-order valence-electron chi connectivity index (χ1n) is 4.91. The van der Waals surface area contributed by atoms with Gasteiger partial charge < -0.3 is 9.84 Å². The largest absolute Gasteiger partial charge is 0.431 e. The third-order valence-electron chi connectivity index (χ3n) is 2.14. The molecule has 0 aliphatic heterocycles. The van der Waals surface area contributed by atoms with Gasteiger partial charge in [0.05, 0.1) is 18.1 Å². The van der Waals surface area contributed by atoms with E-state index in [-0.39, 0.29) is 18.2 Å². The first-order valence-corrected chi connectivity index (χ1v) is 4.91. The second-order valence-electron chi connectivity index (χ2n) is 3.68. The summed E-state index contributed by atoms with van der Waals surface area (Å²) < 4.78 is 79.0. The van der Waals surface area contributed by atoms with E-state index in [0.717, 1.165) is 0 Å². The van der Waals surface area contributed by atoms with Crippen molar-refractivity contribution in [2.24, 2.45) is 0 Å². The van der Waals surface area contributed by atoms with Crippen molar-refractivity contribution in [2.75, 3.05) is 0 Å². The van der Waals surface area contributed by atoms with Crippen molar-refractivity contribution in [1.82, 2.24) is 0 Å². The highest BCUT2D eigenvalue weighted by Crippen LogP contribution is 2.37. The number of aliphatic hydroxyl groups is 1. The molecule has 111 valence electrons. The summed E-state index contributed by atoms with van der Waals surface area (Å²) in [5.74, 6) is -1.30. The zero-order valence-electron chi connectivity index (χ0n) is 9.55. The van der Waals surface area contributed by atoms with Gasteiger partial charge in [0.15, 0.2) is 0 Å². The second-order valence-corrected chi connectivity index (χ2v) is 3.68. The van der Waals surface area contributed by atoms with Gasteiger partial charge in [-0.1, -0.05) is 0 Å². The monoisotopic (exact) mass is 301 g/mol. The molecule has 1 radical (unpaired) electrons. The van der Waals surface area contributed by atoms with E-state index in [1.165, 1.54) is 0 Å². The Labute approximate surface area is 108 Å². The van der Waals surface area contributed by atoms with E-state index in [4.69, 9.17) is 0 Å². The van der Waals surface area contributed by atoms with Crippen LogP contribution < -0.4 is 0 Å². The molecular weight excluding hydrogens is 294 g/mol. The molecule has 0 saturated heterocycles. The van der Waals surface area contributed by atoms with E-state index < -0.39 is 41.3 Å². The molecule has 20 heavy (non-hydrogen) atoms. The van der Waals surface area contributed by atoms with Crippen LogP contribution in [0, 0.1) is 6.92 Å². The number of esters is 1. The third kappa shape index (κ3) is 4.12. The summed E-state index contributed by atoms with van der Waals surface area (Å²) in [6.45, 7) is 2.68. The van der Waals surface area contributed by atoms with E-state index >= 15 is 0 Å². The Morgan fingerprint density at radius 2 is 1.45 bits per heavy atom. The van der Waals surface area contributed by atoms with Gasteiger partial charge in [-0.25, -0.2) is 0 Å². The molecule has 1 atom stereocenters. The van der Waals surface area contributed by atoms with Crippen LogP contribution in [-0.2, 0) is 21.9 Å². The number of ether oxygens (including phenoxy) is 1. The smallest absolute Gasteiger partial charge is 0.416 e. The van der Waals surface area contributed by atoms with Crippen LogP contribution in [0.4, 0.5) is 26.3 Å². The summed E-state index contributed by atoms with van der Waals surface area (Å²) in [6.07, 6.45) is -12.4. The number of carbonyl (C=O) groups excluding carboxylic acids is 1. The molecule has 1 aromatic rings. The zero-order chi connectivity index (χ0) is 15.7. The van der Waals surface area contributed by atoms with Gasteiger partial charge in [0.25, 0.3) is 0 Å². The van der Waals surface area contributed by atoms with Crippen LogP contribution in [0.1, 0.15) is 23.0 Å². The van der Waals surface area contributed by atoms with E-state index in [1.807, 2.05) is 0 Å². The van der Waals surface area contributed by atoms with Crippen LogP contribution in [0.2, 0.25) is 0 Å². The van der Waals surface area contributed by atoms with Gasteiger partial charge in [-0.05, 0) is 18.2 Å². The van der Waals surface area contributed by atoms with E-state index in [9.17, 15) is 36.2 Å². The maximum Gasteiger partial charge on any atom is 0.416 e. The number of hydrogen-bond donors (Lipinski definition) is 1. The van der Waals surface area contributed by atoms with Crippen LogP contribution in [0.3, 0.4) is 0 Å². The first kappa shape index (κ1) is 16.3. The Morgan fingerprint density at radius 3 is 1.75 bits per heavy atom. The molecule has 1 unspecified atom stereocenters. The van der Waals surface area contributed by atoms with Crippen molar-refractivity contribution in [1.29, 1.82) is 0 Å². The van der Waals surface area contributed by atoms with E-state index in [0.29, 0.717) is 0 Å². The minimum absolute atomic E-state index is 0.109. The topological polar surface area (TPSA) is 46.5 Å². The normalized spacial score (nSPS) is 14.0. The number of benzene rings is 1. The Morgan fingerprint density at radius 1 is 1.05 bits per heavy atom. The fourth-order valence-corrected chi connectivity index (χ4v) is 1.31. The Bertz CT molecular complexity index is 474. The van der Waals surface area contributed by atoms with Crippen LogP contribution >= 0.6 is 0 Å². The quantitative estimate of drug-likeness (QED) is 0.519. The maximum atomic E-state index is 12.5. The van der Waals surface area contributed by atoms with Crippen molar-refractivity contribution in [3.05, 3.63) is 41.8 Å². The van der Waals surface area contributed by atoms with Gasteiger partial charge in [0.2, 0.25) is 6.29 Å². The van der Waals surface area contributed by atoms with Gasteiger partial charge in [-0.15, -0.1) is 0 Å². The van der Waals surface area contributed by atoms with Gasteiger partial charge >= 0.3 is 18.3 Å². The molecular formula is C11H7F6O3. The number of carbonyl (C=O) groups is 1. The van der Waals surface area contributed by atoms with Gasteiger partial charge in [0, 0.05) is 5.56 Å². The van der Waals surface area contributed by atoms with E-state index in [1.54, 1.807) is 0 Å². The molecule has 0 fully saturated rings. The summed E-state index contributed by atoms with van der Waals surface area (Å²) in [6, 6.07) is 0.397. The highest BCUT2D eigenvalue weighted by molar-refractivity contribution is 5.73. The Balaban J connectivity index is 3.34. The second kappa shape index (κ2) is 5.31. The van der Waals surface area contributed by atoms with Crippen molar-refractivity contribution >= 4 is 5.97 Å². The van der Waals surface area contributed by atoms with Crippen molar-refractivity contribution in [3.8, 4) is 0 Å². The van der Waals surface area contributed by atoms with E-state index in [2.05, 4.69) is 11.7 Å². The lowest BCUT2D eigenvalue weighted by molar-refractivity contribution is -0.163. The molecule has 1 rings (SSSR count). The molecule has 1 aromatic carbocycles. The molecule has 0 aliphatic rings. The van der Waals surface area contributed by atoms with Crippen molar-refractivity contribution in [2.45, 2.75) is 18.6 Å². The molecule has 0 spiro atoms. The highest BCUT2D eigenvalue weighted by Gasteiger charge is 2.37. The highest BCUT2D eigenvalue weighted by atomic mass is 19.4. The number of hydrogen-bond acceptors (Lipinski definition) is 3. The minimum Gasteiger partial charge on any atom is -0.431 e. The molecule has 0 aromatic heterocycles. The molecule has 1 N–H and O–H groups in total. The lowest BCUT2D eigenvalue weighted by Gasteiger charge is -2.16. The predicted molar refractivity (Wildman–Crippen MR) is 52.9 cm³/mol. The summed E-state index contributed by atoms with van der Waals surface area (Å²) >= 11 is 0. The standard InChI is InChI=1S/C11H7F6O3/c1-5(18)20-9(19)6-2-7(10(12,13)14)4-8(3-6)11(15,16)17/h2-4,9,19H,1H2. The fourth-order valence-electron chi connectivity index (χ4n) is 1.31. The molecule has 0 bridgehead atoms. The SMILES string of the molecule is [CH2]C(=O)OC(O)c1cc(C(F)(F)F)cc(C(F)(F)F)c1. The van der Waals surface area contributed by atoms with Crippen LogP contribution in [0.25, 0.3) is 0 Å². The average Bonchev–Trinajstić information content (AvgIpc) is 2.25. The van der Waals surface area contributed by atoms with Crippen molar-refractivity contribution in [3.63, 3.8) is 0 Å². The summed E-state index contributed by atoms with van der Waals surface area (Å²) in [5.41, 5.74) is -4.10. The number of halogens is 6. The number of rotatable bonds is 2. The average molecular weight is 301 g/mol. The summed E-state index contributed by atoms with van der Waals surface area (Å²) in [5, 5.41) is 9.25. The zero-order valence-corrected chi connectivity index (χ0v) is 9.55. The molecule has 0 heterocycles. The van der Waals surface area contributed by atoms with Gasteiger partial charge in [0.1, 0.15) is 0 Å². The maximum absolute atomic E-state index is 12.5. The predicted octanol–water partition coefficient (Wildman–Crippen LogP) is 3.09. The molecule has 9 heteroatoms. The number of alkyl halides is 6. The molecule has 0 aliphatic carbocycles. The Hall–Kier alpha value is -1.77. The van der Waals surface area contributed by atoms with Gasteiger partial charge in [-0.2, -0.15) is 26.3 Å². The summed E-state index contributed by atoms with van der Waals surface area (Å²) in [7, 11) is 0. The minimum atomic E-state index is -5.05. The Kier molecular flexibility index (Phi) is 4.33.